The fraction of sp³-hybridized carbons (Fsp3) is 0.364. The Morgan fingerprint density at radius 2 is 2.06 bits per heavy atom. The molecule has 0 radical (unpaired) electrons. The molecule has 5 heteroatoms. The van der Waals surface area contributed by atoms with Crippen molar-refractivity contribution in [3.63, 3.8) is 0 Å². The molecule has 84 valence electrons. The van der Waals surface area contributed by atoms with Gasteiger partial charge in [0.05, 0.1) is 12.5 Å². The standard InChI is InChI=1S/C11H13N3O2/c1-7(2)14-12-9-4-3-8(6-11(15)16)5-10(9)13-14/h3-5,7H,6H2,1-2H3,(H,15,16). The molecule has 0 aliphatic rings. The summed E-state index contributed by atoms with van der Waals surface area (Å²) in [7, 11) is 0. The average molecular weight is 219 g/mol. The van der Waals surface area contributed by atoms with E-state index in [1.165, 1.54) is 0 Å². The molecule has 0 fully saturated rings. The number of hydrogen-bond acceptors (Lipinski definition) is 3. The molecular weight excluding hydrogens is 206 g/mol. The van der Waals surface area contributed by atoms with Gasteiger partial charge in [-0.1, -0.05) is 6.07 Å². The van der Waals surface area contributed by atoms with Crippen LogP contribution < -0.4 is 0 Å². The van der Waals surface area contributed by atoms with Gasteiger partial charge >= 0.3 is 5.97 Å². The van der Waals surface area contributed by atoms with E-state index < -0.39 is 5.97 Å². The third-order valence-electron chi connectivity index (χ3n) is 2.28. The number of carboxylic acids is 1. The molecule has 1 aromatic carbocycles. The van der Waals surface area contributed by atoms with Gasteiger partial charge in [-0.05, 0) is 31.5 Å². The Balaban J connectivity index is 2.41. The summed E-state index contributed by atoms with van der Waals surface area (Å²) >= 11 is 0. The van der Waals surface area contributed by atoms with Gasteiger partial charge in [-0.15, -0.1) is 0 Å². The van der Waals surface area contributed by atoms with Gasteiger partial charge in [-0.3, -0.25) is 4.79 Å². The van der Waals surface area contributed by atoms with E-state index in [1.54, 1.807) is 23.0 Å². The van der Waals surface area contributed by atoms with Gasteiger partial charge in [0.1, 0.15) is 11.0 Å². The number of fused-ring (bicyclic) bond motifs is 1. The van der Waals surface area contributed by atoms with Gasteiger partial charge < -0.3 is 5.11 Å². The highest BCUT2D eigenvalue weighted by atomic mass is 16.4. The molecule has 0 spiro atoms. The number of aliphatic carboxylic acids is 1. The second-order valence-electron chi connectivity index (χ2n) is 4.01. The third kappa shape index (κ3) is 2.03. The van der Waals surface area contributed by atoms with Crippen molar-refractivity contribution in [3.05, 3.63) is 23.8 Å². The lowest BCUT2D eigenvalue weighted by molar-refractivity contribution is -0.136. The normalized spacial score (nSPS) is 11.2. The summed E-state index contributed by atoms with van der Waals surface area (Å²) in [5.41, 5.74) is 2.28. The zero-order chi connectivity index (χ0) is 11.7. The van der Waals surface area contributed by atoms with Crippen molar-refractivity contribution in [2.24, 2.45) is 0 Å². The predicted octanol–water partition coefficient (Wildman–Crippen LogP) is 1.64. The topological polar surface area (TPSA) is 68.0 Å². The Morgan fingerprint density at radius 3 is 2.69 bits per heavy atom. The highest BCUT2D eigenvalue weighted by molar-refractivity contribution is 5.77. The fourth-order valence-corrected chi connectivity index (χ4v) is 1.49. The molecule has 0 unspecified atom stereocenters. The van der Waals surface area contributed by atoms with Gasteiger partial charge in [0, 0.05) is 0 Å². The maximum absolute atomic E-state index is 10.6. The summed E-state index contributed by atoms with van der Waals surface area (Å²) in [6, 6.07) is 5.56. The van der Waals surface area contributed by atoms with Crippen molar-refractivity contribution in [2.75, 3.05) is 0 Å². The summed E-state index contributed by atoms with van der Waals surface area (Å²) in [4.78, 5) is 12.2. The van der Waals surface area contributed by atoms with Crippen LogP contribution in [0.3, 0.4) is 0 Å². The van der Waals surface area contributed by atoms with Crippen LogP contribution >= 0.6 is 0 Å². The number of nitrogens with zero attached hydrogens (tertiary/aromatic N) is 3. The van der Waals surface area contributed by atoms with E-state index in [4.69, 9.17) is 5.11 Å². The molecule has 0 bridgehead atoms. The van der Waals surface area contributed by atoms with E-state index in [1.807, 2.05) is 13.8 Å². The van der Waals surface area contributed by atoms with Crippen LogP contribution in [0.2, 0.25) is 0 Å². The highest BCUT2D eigenvalue weighted by Gasteiger charge is 2.07. The molecule has 1 N–H and O–H groups in total. The molecule has 0 aliphatic heterocycles. The molecule has 2 rings (SSSR count). The van der Waals surface area contributed by atoms with E-state index in [0.717, 1.165) is 16.6 Å². The van der Waals surface area contributed by atoms with Crippen LogP contribution in [0, 0.1) is 0 Å². The first kappa shape index (κ1) is 10.6. The van der Waals surface area contributed by atoms with Crippen molar-refractivity contribution in [2.45, 2.75) is 26.3 Å². The van der Waals surface area contributed by atoms with Crippen LogP contribution in [0.15, 0.2) is 18.2 Å². The minimum absolute atomic E-state index is 0.0183. The van der Waals surface area contributed by atoms with Gasteiger partial charge in [-0.25, -0.2) is 0 Å². The molecule has 1 aromatic heterocycles. The minimum atomic E-state index is -0.837. The molecule has 2 aromatic rings. The van der Waals surface area contributed by atoms with Crippen LogP contribution in [-0.2, 0) is 11.2 Å². The number of carboxylic acid groups (broad SMARTS) is 1. The quantitative estimate of drug-likeness (QED) is 0.852. The zero-order valence-electron chi connectivity index (χ0n) is 9.21. The average Bonchev–Trinajstić information content (AvgIpc) is 2.59. The van der Waals surface area contributed by atoms with Crippen LogP contribution in [0.4, 0.5) is 0 Å². The lowest BCUT2D eigenvalue weighted by atomic mass is 10.1. The van der Waals surface area contributed by atoms with Gasteiger partial charge in [0.15, 0.2) is 0 Å². The van der Waals surface area contributed by atoms with E-state index in [0.29, 0.717) is 0 Å². The van der Waals surface area contributed by atoms with Gasteiger partial charge in [0.2, 0.25) is 0 Å². The minimum Gasteiger partial charge on any atom is -0.481 e. The Kier molecular flexibility index (Phi) is 2.60. The Hall–Kier alpha value is -1.91. The van der Waals surface area contributed by atoms with E-state index in [2.05, 4.69) is 10.2 Å². The van der Waals surface area contributed by atoms with E-state index in [9.17, 15) is 4.79 Å². The smallest absolute Gasteiger partial charge is 0.307 e. The molecule has 0 saturated heterocycles. The van der Waals surface area contributed by atoms with Crippen LogP contribution in [0.5, 0.6) is 0 Å². The molecule has 5 nitrogen and oxygen atoms in total. The number of carbonyl (C=O) groups is 1. The molecule has 0 aliphatic carbocycles. The number of hydrogen-bond donors (Lipinski definition) is 1. The van der Waals surface area contributed by atoms with Gasteiger partial charge in [0.25, 0.3) is 0 Å². The number of rotatable bonds is 3. The molecule has 0 saturated carbocycles. The number of aromatic nitrogens is 3. The molecular formula is C11H13N3O2. The molecule has 1 heterocycles. The Bertz CT molecular complexity index is 531. The maximum Gasteiger partial charge on any atom is 0.307 e. The lowest BCUT2D eigenvalue weighted by Crippen LogP contribution is -2.04. The van der Waals surface area contributed by atoms with Crippen LogP contribution in [0.25, 0.3) is 11.0 Å². The monoisotopic (exact) mass is 219 g/mol. The maximum atomic E-state index is 10.6. The van der Waals surface area contributed by atoms with Crippen LogP contribution in [-0.4, -0.2) is 26.1 Å². The summed E-state index contributed by atoms with van der Waals surface area (Å²) in [5, 5.41) is 17.3. The highest BCUT2D eigenvalue weighted by Crippen LogP contribution is 2.14. The van der Waals surface area contributed by atoms with Crippen LogP contribution in [0.1, 0.15) is 25.5 Å². The summed E-state index contributed by atoms with van der Waals surface area (Å²) in [6.45, 7) is 3.99. The van der Waals surface area contributed by atoms with Crippen molar-refractivity contribution < 1.29 is 9.90 Å². The third-order valence-corrected chi connectivity index (χ3v) is 2.28. The summed E-state index contributed by atoms with van der Waals surface area (Å²) < 4.78 is 0. The summed E-state index contributed by atoms with van der Waals surface area (Å²) in [6.07, 6.45) is 0.0183. The molecule has 0 amide bonds. The van der Waals surface area contributed by atoms with Crippen molar-refractivity contribution in [1.29, 1.82) is 0 Å². The van der Waals surface area contributed by atoms with Crippen molar-refractivity contribution in [3.8, 4) is 0 Å². The van der Waals surface area contributed by atoms with Gasteiger partial charge in [-0.2, -0.15) is 15.0 Å². The lowest BCUT2D eigenvalue weighted by Gasteiger charge is -1.99. The second-order valence-corrected chi connectivity index (χ2v) is 4.01. The first-order chi connectivity index (χ1) is 7.56. The predicted molar refractivity (Wildman–Crippen MR) is 59.3 cm³/mol. The van der Waals surface area contributed by atoms with Crippen molar-refractivity contribution >= 4 is 17.0 Å². The molecule has 0 atom stereocenters. The number of benzene rings is 1. The zero-order valence-corrected chi connectivity index (χ0v) is 9.21. The Morgan fingerprint density at radius 1 is 1.38 bits per heavy atom. The fourth-order valence-electron chi connectivity index (χ4n) is 1.49. The van der Waals surface area contributed by atoms with Crippen molar-refractivity contribution in [1.82, 2.24) is 15.0 Å². The first-order valence-corrected chi connectivity index (χ1v) is 5.13. The molecule has 16 heavy (non-hydrogen) atoms. The first-order valence-electron chi connectivity index (χ1n) is 5.13. The van der Waals surface area contributed by atoms with E-state index in [-0.39, 0.29) is 12.5 Å². The summed E-state index contributed by atoms with van der Waals surface area (Å²) in [5.74, 6) is -0.837. The second kappa shape index (κ2) is 3.92. The Labute approximate surface area is 92.7 Å². The largest absolute Gasteiger partial charge is 0.481 e. The SMILES string of the molecule is CC(C)n1nc2ccc(CC(=O)O)cc2n1. The van der Waals surface area contributed by atoms with E-state index >= 15 is 0 Å².